The lowest BCUT2D eigenvalue weighted by Crippen LogP contribution is -2.65. The summed E-state index contributed by atoms with van der Waals surface area (Å²) in [6.07, 6.45) is 0. The minimum atomic E-state index is -2.63. The molecule has 0 saturated carbocycles. The van der Waals surface area contributed by atoms with E-state index >= 15 is 0 Å². The molecule has 1 saturated heterocycles. The lowest BCUT2D eigenvalue weighted by atomic mass is 10.1. The highest BCUT2D eigenvalue weighted by Gasteiger charge is 2.44. The molecule has 0 aromatic heterocycles. The van der Waals surface area contributed by atoms with Crippen LogP contribution in [0.25, 0.3) is 0 Å². The maximum Gasteiger partial charge on any atom is 0.407 e. The van der Waals surface area contributed by atoms with Crippen molar-refractivity contribution in [3.8, 4) is 0 Å². The first-order valence-corrected chi connectivity index (χ1v) is 10.5. The normalized spacial score (nSPS) is 19.5. The molecular weight excluding hydrogens is 314 g/mol. The van der Waals surface area contributed by atoms with Crippen molar-refractivity contribution >= 4 is 18.9 Å². The van der Waals surface area contributed by atoms with Gasteiger partial charge in [0.05, 0.1) is 0 Å². The highest BCUT2D eigenvalue weighted by atomic mass is 28.4. The molecule has 0 unspecified atom stereocenters. The van der Waals surface area contributed by atoms with Crippen LogP contribution in [0, 0.1) is 0 Å². The Bertz CT molecular complexity index is 588. The molecule has 128 valence electrons. The van der Waals surface area contributed by atoms with Gasteiger partial charge in [0.1, 0.15) is 0 Å². The fraction of sp³-hybridized carbons (Fsp3) is 0.400. The molecule has 1 heterocycles. The third kappa shape index (κ3) is 3.62. The molecule has 0 aliphatic carbocycles. The number of hydrogen-bond acceptors (Lipinski definition) is 3. The Morgan fingerprint density at radius 3 is 1.54 bits per heavy atom. The molecule has 2 aromatic rings. The van der Waals surface area contributed by atoms with E-state index < -0.39 is 8.56 Å². The first-order valence-electron chi connectivity index (χ1n) is 8.66. The van der Waals surface area contributed by atoms with E-state index in [1.54, 1.807) is 0 Å². The largest absolute Gasteiger partial charge is 0.407 e. The first-order chi connectivity index (χ1) is 11.5. The topological polar surface area (TPSA) is 21.7 Å². The molecule has 0 amide bonds. The number of hydrogen-bond donors (Lipinski definition) is 0. The second-order valence-electron chi connectivity index (χ2n) is 7.20. The van der Waals surface area contributed by atoms with Crippen molar-refractivity contribution < 1.29 is 8.85 Å². The SMILES string of the molecule is CC(C)(C)N1CCO[Si](c2ccccc2)(c2ccccc2)OCC1. The summed E-state index contributed by atoms with van der Waals surface area (Å²) >= 11 is 0. The van der Waals surface area contributed by atoms with Crippen LogP contribution in [-0.2, 0) is 8.85 Å². The Kier molecular flexibility index (Phi) is 5.20. The molecule has 3 nitrogen and oxygen atoms in total. The average Bonchev–Trinajstić information content (AvgIpc) is 2.56. The predicted molar refractivity (Wildman–Crippen MR) is 101 cm³/mol. The van der Waals surface area contributed by atoms with Gasteiger partial charge in [-0.25, -0.2) is 0 Å². The maximum absolute atomic E-state index is 6.54. The quantitative estimate of drug-likeness (QED) is 0.783. The molecule has 1 aliphatic heterocycles. The highest BCUT2D eigenvalue weighted by molar-refractivity contribution is 6.92. The van der Waals surface area contributed by atoms with Crippen LogP contribution < -0.4 is 10.4 Å². The molecule has 0 radical (unpaired) electrons. The van der Waals surface area contributed by atoms with Crippen molar-refractivity contribution in [3.05, 3.63) is 60.7 Å². The van der Waals surface area contributed by atoms with Gasteiger partial charge < -0.3 is 8.85 Å². The van der Waals surface area contributed by atoms with Gasteiger partial charge in [-0.15, -0.1) is 0 Å². The molecule has 0 N–H and O–H groups in total. The van der Waals surface area contributed by atoms with Crippen molar-refractivity contribution in [2.75, 3.05) is 26.3 Å². The van der Waals surface area contributed by atoms with Crippen LogP contribution in [0.1, 0.15) is 20.8 Å². The average molecular weight is 342 g/mol. The van der Waals surface area contributed by atoms with Gasteiger partial charge in [-0.2, -0.15) is 0 Å². The van der Waals surface area contributed by atoms with Gasteiger partial charge in [0.15, 0.2) is 0 Å². The Morgan fingerprint density at radius 2 is 1.17 bits per heavy atom. The van der Waals surface area contributed by atoms with Gasteiger partial charge in [0.25, 0.3) is 0 Å². The summed E-state index contributed by atoms with van der Waals surface area (Å²) in [5, 5.41) is 2.36. The van der Waals surface area contributed by atoms with Crippen LogP contribution in [0.4, 0.5) is 0 Å². The Hall–Kier alpha value is -1.46. The second-order valence-corrected chi connectivity index (χ2v) is 10.2. The summed E-state index contributed by atoms with van der Waals surface area (Å²) in [5.41, 5.74) is 0.133. The van der Waals surface area contributed by atoms with Gasteiger partial charge in [-0.05, 0) is 31.1 Å². The summed E-state index contributed by atoms with van der Waals surface area (Å²) in [4.78, 5) is 2.43. The van der Waals surface area contributed by atoms with Crippen LogP contribution in [0.2, 0.25) is 0 Å². The summed E-state index contributed by atoms with van der Waals surface area (Å²) in [5.74, 6) is 0. The summed E-state index contributed by atoms with van der Waals surface area (Å²) < 4.78 is 13.1. The van der Waals surface area contributed by atoms with E-state index in [-0.39, 0.29) is 5.54 Å². The molecule has 0 spiro atoms. The Balaban J connectivity index is 1.93. The second kappa shape index (κ2) is 7.19. The lowest BCUT2D eigenvalue weighted by molar-refractivity contribution is 0.0548. The molecule has 0 bridgehead atoms. The fourth-order valence-corrected chi connectivity index (χ4v) is 6.34. The van der Waals surface area contributed by atoms with Crippen molar-refractivity contribution in [2.45, 2.75) is 26.3 Å². The third-order valence-corrected chi connectivity index (χ3v) is 8.00. The minimum Gasteiger partial charge on any atom is -0.386 e. The molecule has 1 aliphatic rings. The van der Waals surface area contributed by atoms with Gasteiger partial charge in [0, 0.05) is 31.8 Å². The van der Waals surface area contributed by atoms with Crippen LogP contribution in [0.3, 0.4) is 0 Å². The molecular formula is C20H27NO2Si. The van der Waals surface area contributed by atoms with E-state index in [1.807, 2.05) is 12.1 Å². The standard InChI is InChI=1S/C20H27NO2Si/c1-20(2,3)21-14-16-22-24(23-17-15-21,18-10-6-4-7-11-18)19-12-8-5-9-13-19/h4-13H,14-17H2,1-3H3. The molecule has 24 heavy (non-hydrogen) atoms. The summed E-state index contributed by atoms with van der Waals surface area (Å²) in [6.45, 7) is 9.97. The van der Waals surface area contributed by atoms with Gasteiger partial charge in [0.2, 0.25) is 0 Å². The maximum atomic E-state index is 6.54. The van der Waals surface area contributed by atoms with E-state index in [2.05, 4.69) is 74.2 Å². The van der Waals surface area contributed by atoms with Crippen LogP contribution in [0.5, 0.6) is 0 Å². The smallest absolute Gasteiger partial charge is 0.386 e. The van der Waals surface area contributed by atoms with E-state index in [4.69, 9.17) is 8.85 Å². The number of rotatable bonds is 2. The lowest BCUT2D eigenvalue weighted by Gasteiger charge is -2.41. The molecule has 2 aromatic carbocycles. The zero-order chi connectivity index (χ0) is 17.0. The monoisotopic (exact) mass is 341 g/mol. The Morgan fingerprint density at radius 1 is 0.750 bits per heavy atom. The zero-order valence-electron chi connectivity index (χ0n) is 14.9. The Labute approximate surface area is 146 Å². The van der Waals surface area contributed by atoms with Crippen molar-refractivity contribution in [1.29, 1.82) is 0 Å². The predicted octanol–water partition coefficient (Wildman–Crippen LogP) is 2.39. The zero-order valence-corrected chi connectivity index (χ0v) is 15.9. The van der Waals surface area contributed by atoms with Crippen LogP contribution in [0.15, 0.2) is 60.7 Å². The van der Waals surface area contributed by atoms with Gasteiger partial charge in [-0.1, -0.05) is 60.7 Å². The number of nitrogens with zero attached hydrogens (tertiary/aromatic N) is 1. The summed E-state index contributed by atoms with van der Waals surface area (Å²) in [7, 11) is -2.63. The minimum absolute atomic E-state index is 0.133. The fourth-order valence-electron chi connectivity index (χ4n) is 3.24. The van der Waals surface area contributed by atoms with Gasteiger partial charge in [-0.3, -0.25) is 4.90 Å². The highest BCUT2D eigenvalue weighted by Crippen LogP contribution is 2.17. The molecule has 3 rings (SSSR count). The van der Waals surface area contributed by atoms with Gasteiger partial charge >= 0.3 is 8.56 Å². The van der Waals surface area contributed by atoms with Crippen molar-refractivity contribution in [2.24, 2.45) is 0 Å². The molecule has 1 fully saturated rings. The van der Waals surface area contributed by atoms with Crippen LogP contribution in [-0.4, -0.2) is 45.3 Å². The summed E-state index contributed by atoms with van der Waals surface area (Å²) in [6, 6.07) is 20.9. The van der Waals surface area contributed by atoms with Crippen LogP contribution >= 0.6 is 0 Å². The van der Waals surface area contributed by atoms with Crippen molar-refractivity contribution in [3.63, 3.8) is 0 Å². The third-order valence-electron chi connectivity index (χ3n) is 4.59. The van der Waals surface area contributed by atoms with E-state index in [0.29, 0.717) is 13.2 Å². The number of benzene rings is 2. The van der Waals surface area contributed by atoms with E-state index in [9.17, 15) is 0 Å². The van der Waals surface area contributed by atoms with E-state index in [0.717, 1.165) is 13.1 Å². The molecule has 0 atom stereocenters. The van der Waals surface area contributed by atoms with Crippen molar-refractivity contribution in [1.82, 2.24) is 4.90 Å². The van der Waals surface area contributed by atoms with E-state index in [1.165, 1.54) is 10.4 Å². The molecule has 4 heteroatoms. The first kappa shape index (κ1) is 17.4.